The molecular formula is C20H27N5O. The van der Waals surface area contributed by atoms with Gasteiger partial charge in [0.05, 0.1) is 12.1 Å². The molecule has 0 N–H and O–H groups in total. The number of aryl methyl sites for hydroxylation is 1. The monoisotopic (exact) mass is 353 g/mol. The van der Waals surface area contributed by atoms with E-state index in [1.165, 1.54) is 0 Å². The highest BCUT2D eigenvalue weighted by Crippen LogP contribution is 2.34. The number of rotatable bonds is 4. The molecule has 2 aliphatic rings. The summed E-state index contributed by atoms with van der Waals surface area (Å²) in [5, 5.41) is 4.72. The van der Waals surface area contributed by atoms with Crippen LogP contribution < -0.4 is 0 Å². The van der Waals surface area contributed by atoms with Gasteiger partial charge in [-0.25, -0.2) is 9.67 Å². The molecule has 138 valence electrons. The second-order valence-corrected chi connectivity index (χ2v) is 7.51. The first-order valence-electron chi connectivity index (χ1n) is 9.59. The molecule has 0 radical (unpaired) electrons. The topological polar surface area (TPSA) is 54.3 Å². The van der Waals surface area contributed by atoms with Gasteiger partial charge in [-0.05, 0) is 58.0 Å². The summed E-state index contributed by atoms with van der Waals surface area (Å²) in [4.78, 5) is 22.1. The number of carbonyl (C=O) groups excluding carboxylic acids is 1. The Morgan fingerprint density at radius 3 is 2.65 bits per heavy atom. The molecule has 2 aliphatic heterocycles. The lowest BCUT2D eigenvalue weighted by Crippen LogP contribution is -2.35. The molecule has 0 aliphatic carbocycles. The van der Waals surface area contributed by atoms with E-state index < -0.39 is 0 Å². The van der Waals surface area contributed by atoms with Crippen molar-refractivity contribution in [2.24, 2.45) is 0 Å². The van der Waals surface area contributed by atoms with E-state index in [0.29, 0.717) is 12.6 Å². The van der Waals surface area contributed by atoms with Gasteiger partial charge < -0.3 is 9.80 Å². The summed E-state index contributed by atoms with van der Waals surface area (Å²) in [7, 11) is 2.17. The quantitative estimate of drug-likeness (QED) is 0.848. The van der Waals surface area contributed by atoms with Crippen molar-refractivity contribution in [3.05, 3.63) is 47.0 Å². The van der Waals surface area contributed by atoms with E-state index in [1.807, 2.05) is 36.1 Å². The van der Waals surface area contributed by atoms with Gasteiger partial charge in [0.1, 0.15) is 11.6 Å². The van der Waals surface area contributed by atoms with Crippen LogP contribution in [0.5, 0.6) is 0 Å². The van der Waals surface area contributed by atoms with Gasteiger partial charge in [0.25, 0.3) is 5.91 Å². The lowest BCUT2D eigenvalue weighted by molar-refractivity contribution is 0.0677. The third kappa shape index (κ3) is 2.92. The molecule has 4 rings (SSSR count). The van der Waals surface area contributed by atoms with E-state index >= 15 is 0 Å². The predicted octanol–water partition coefficient (Wildman–Crippen LogP) is 2.96. The number of fused-ring (bicyclic) bond motifs is 1. The number of aromatic nitrogens is 3. The smallest absolute Gasteiger partial charge is 0.255 e. The largest absolute Gasteiger partial charge is 0.324 e. The summed E-state index contributed by atoms with van der Waals surface area (Å²) in [6, 6.07) is 8.26. The van der Waals surface area contributed by atoms with Crippen molar-refractivity contribution >= 4 is 5.91 Å². The van der Waals surface area contributed by atoms with Gasteiger partial charge in [0.2, 0.25) is 0 Å². The van der Waals surface area contributed by atoms with E-state index in [2.05, 4.69) is 23.6 Å². The molecule has 1 aromatic heterocycles. The Labute approximate surface area is 154 Å². The molecule has 6 nitrogen and oxygen atoms in total. The molecule has 0 spiro atoms. The maximum Gasteiger partial charge on any atom is 0.255 e. The van der Waals surface area contributed by atoms with Crippen LogP contribution in [-0.4, -0.2) is 50.6 Å². The molecule has 1 fully saturated rings. The van der Waals surface area contributed by atoms with Crippen LogP contribution in [0.25, 0.3) is 0 Å². The number of amides is 1. The van der Waals surface area contributed by atoms with Crippen molar-refractivity contribution in [2.75, 3.05) is 20.1 Å². The summed E-state index contributed by atoms with van der Waals surface area (Å²) >= 11 is 0. The van der Waals surface area contributed by atoms with Gasteiger partial charge in [-0.3, -0.25) is 4.79 Å². The average molecular weight is 353 g/mol. The minimum atomic E-state index is -0.0317. The fourth-order valence-corrected chi connectivity index (χ4v) is 4.25. The second kappa shape index (κ2) is 6.83. The molecule has 6 heteroatoms. The Hall–Kier alpha value is -2.21. The highest BCUT2D eigenvalue weighted by atomic mass is 16.2. The number of nitrogens with zero attached hydrogens (tertiary/aromatic N) is 5. The van der Waals surface area contributed by atoms with Crippen LogP contribution in [-0.2, 0) is 6.54 Å². The third-order valence-corrected chi connectivity index (χ3v) is 5.71. The SMILES string of the molecule is CC[C@H](c1nc(C)nn1C1CCN(C)CC1)N1Cc2ccccc2C1=O. The van der Waals surface area contributed by atoms with E-state index in [9.17, 15) is 4.79 Å². The molecule has 1 atom stereocenters. The standard InChI is InChI=1S/C20H27N5O/c1-4-18(24-13-15-7-5-6-8-17(15)20(24)26)19-21-14(2)22-25(19)16-9-11-23(3)12-10-16/h5-8,16,18H,4,9-13H2,1-3H3/t18-/m1/s1. The fourth-order valence-electron chi connectivity index (χ4n) is 4.25. The molecule has 2 aromatic rings. The van der Waals surface area contributed by atoms with E-state index in [-0.39, 0.29) is 11.9 Å². The van der Waals surface area contributed by atoms with Crippen LogP contribution in [0, 0.1) is 6.92 Å². The Kier molecular flexibility index (Phi) is 4.53. The summed E-state index contributed by atoms with van der Waals surface area (Å²) in [6.45, 7) is 6.89. The first kappa shape index (κ1) is 17.2. The molecule has 0 unspecified atom stereocenters. The maximum atomic E-state index is 13.0. The molecule has 0 saturated carbocycles. The zero-order chi connectivity index (χ0) is 18.3. The Balaban J connectivity index is 1.65. The predicted molar refractivity (Wildman–Crippen MR) is 99.9 cm³/mol. The van der Waals surface area contributed by atoms with Gasteiger partial charge in [-0.2, -0.15) is 5.10 Å². The van der Waals surface area contributed by atoms with Crippen molar-refractivity contribution in [2.45, 2.75) is 51.7 Å². The molecule has 3 heterocycles. The first-order chi connectivity index (χ1) is 12.6. The lowest BCUT2D eigenvalue weighted by Gasteiger charge is -2.32. The molecule has 1 saturated heterocycles. The van der Waals surface area contributed by atoms with Crippen molar-refractivity contribution < 1.29 is 4.79 Å². The van der Waals surface area contributed by atoms with Crippen LogP contribution in [0.4, 0.5) is 0 Å². The number of benzene rings is 1. The van der Waals surface area contributed by atoms with Gasteiger partial charge in [0, 0.05) is 12.1 Å². The summed E-state index contributed by atoms with van der Waals surface area (Å²) < 4.78 is 2.12. The van der Waals surface area contributed by atoms with Crippen LogP contribution in [0.2, 0.25) is 0 Å². The fraction of sp³-hybridized carbons (Fsp3) is 0.550. The number of hydrogen-bond donors (Lipinski definition) is 0. The molecular weight excluding hydrogens is 326 g/mol. The van der Waals surface area contributed by atoms with Gasteiger partial charge in [0.15, 0.2) is 0 Å². The van der Waals surface area contributed by atoms with Crippen LogP contribution in [0.3, 0.4) is 0 Å². The maximum absolute atomic E-state index is 13.0. The van der Waals surface area contributed by atoms with Crippen molar-refractivity contribution in [1.82, 2.24) is 24.6 Å². The highest BCUT2D eigenvalue weighted by molar-refractivity contribution is 5.98. The van der Waals surface area contributed by atoms with Crippen molar-refractivity contribution in [1.29, 1.82) is 0 Å². The minimum absolute atomic E-state index is 0.0317. The summed E-state index contributed by atoms with van der Waals surface area (Å²) in [6.07, 6.45) is 3.00. The van der Waals surface area contributed by atoms with Gasteiger partial charge in [-0.15, -0.1) is 0 Å². The molecule has 1 amide bonds. The average Bonchev–Trinajstić information content (AvgIpc) is 3.18. The van der Waals surface area contributed by atoms with Crippen molar-refractivity contribution in [3.8, 4) is 0 Å². The molecule has 1 aromatic carbocycles. The number of likely N-dealkylation sites (tertiary alicyclic amines) is 1. The van der Waals surface area contributed by atoms with Crippen LogP contribution in [0.1, 0.15) is 65.8 Å². The zero-order valence-corrected chi connectivity index (χ0v) is 15.9. The number of piperidine rings is 1. The van der Waals surface area contributed by atoms with E-state index in [4.69, 9.17) is 10.1 Å². The molecule has 26 heavy (non-hydrogen) atoms. The Morgan fingerprint density at radius 2 is 1.96 bits per heavy atom. The third-order valence-electron chi connectivity index (χ3n) is 5.71. The van der Waals surface area contributed by atoms with Gasteiger partial charge >= 0.3 is 0 Å². The summed E-state index contributed by atoms with van der Waals surface area (Å²) in [5.41, 5.74) is 1.94. The van der Waals surface area contributed by atoms with E-state index in [1.54, 1.807) is 0 Å². The molecule has 0 bridgehead atoms. The first-order valence-corrected chi connectivity index (χ1v) is 9.59. The Morgan fingerprint density at radius 1 is 1.23 bits per heavy atom. The number of carbonyl (C=O) groups is 1. The minimum Gasteiger partial charge on any atom is -0.324 e. The zero-order valence-electron chi connectivity index (χ0n) is 15.9. The van der Waals surface area contributed by atoms with Crippen LogP contribution in [0.15, 0.2) is 24.3 Å². The number of hydrogen-bond acceptors (Lipinski definition) is 4. The summed E-state index contributed by atoms with van der Waals surface area (Å²) in [5.74, 6) is 1.85. The lowest BCUT2D eigenvalue weighted by atomic mass is 10.0. The van der Waals surface area contributed by atoms with E-state index in [0.717, 1.165) is 55.1 Å². The van der Waals surface area contributed by atoms with Crippen LogP contribution >= 0.6 is 0 Å². The van der Waals surface area contributed by atoms with Gasteiger partial charge in [-0.1, -0.05) is 25.1 Å². The van der Waals surface area contributed by atoms with Crippen molar-refractivity contribution in [3.63, 3.8) is 0 Å². The Bertz CT molecular complexity index is 806. The second-order valence-electron chi connectivity index (χ2n) is 7.51. The normalized spacial score (nSPS) is 19.8. The highest BCUT2D eigenvalue weighted by Gasteiger charge is 2.36.